The second kappa shape index (κ2) is 5.62. The van der Waals surface area contributed by atoms with Crippen LogP contribution >= 0.6 is 43.2 Å². The molecule has 0 spiro atoms. The van der Waals surface area contributed by atoms with Gasteiger partial charge in [0, 0.05) is 19.1 Å². The molecule has 20 heavy (non-hydrogen) atoms. The molecule has 3 atom stereocenters. The predicted octanol–water partition coefficient (Wildman–Crippen LogP) is 3.02. The number of nitrogens with two attached hydrogens (primary N) is 1. The normalized spacial score (nSPS) is 31.4. The number of sulfonamides is 1. The number of halogens is 2. The van der Waals surface area contributed by atoms with Crippen LogP contribution in [0, 0.1) is 11.8 Å². The smallest absolute Gasteiger partial charge is 0.245 e. The van der Waals surface area contributed by atoms with Crippen LogP contribution in [0.1, 0.15) is 19.3 Å². The highest BCUT2D eigenvalue weighted by molar-refractivity contribution is 9.12. The number of nitrogens with zero attached hydrogens (tertiary/aromatic N) is 1. The van der Waals surface area contributed by atoms with E-state index < -0.39 is 10.0 Å². The third-order valence-electron chi connectivity index (χ3n) is 4.30. The van der Waals surface area contributed by atoms with Crippen molar-refractivity contribution in [3.05, 3.63) is 13.6 Å². The van der Waals surface area contributed by atoms with E-state index in [0.29, 0.717) is 33.6 Å². The van der Waals surface area contributed by atoms with Crippen molar-refractivity contribution in [3.63, 3.8) is 0 Å². The lowest BCUT2D eigenvalue weighted by Gasteiger charge is -2.28. The average molecular weight is 444 g/mol. The fourth-order valence-electron chi connectivity index (χ4n) is 3.26. The van der Waals surface area contributed by atoms with Gasteiger partial charge in [0.25, 0.3) is 0 Å². The highest BCUT2D eigenvalue weighted by atomic mass is 79.9. The molecule has 1 unspecified atom stereocenters. The molecule has 1 aliphatic carbocycles. The molecule has 1 aromatic heterocycles. The fraction of sp³-hybridized carbons (Fsp3) is 0.667. The van der Waals surface area contributed by atoms with E-state index >= 15 is 0 Å². The Morgan fingerprint density at radius 1 is 1.25 bits per heavy atom. The van der Waals surface area contributed by atoms with Crippen LogP contribution in [-0.4, -0.2) is 31.9 Å². The maximum absolute atomic E-state index is 12.7. The summed E-state index contributed by atoms with van der Waals surface area (Å²) in [6.07, 6.45) is 3.01. The molecule has 112 valence electrons. The fourth-order valence-corrected chi connectivity index (χ4v) is 8.58. The van der Waals surface area contributed by atoms with Gasteiger partial charge < -0.3 is 5.73 Å². The first kappa shape index (κ1) is 15.4. The van der Waals surface area contributed by atoms with E-state index in [1.807, 2.05) is 0 Å². The summed E-state index contributed by atoms with van der Waals surface area (Å²) in [5, 5.41) is 0. The van der Waals surface area contributed by atoms with E-state index in [9.17, 15) is 8.42 Å². The lowest BCUT2D eigenvalue weighted by Crippen LogP contribution is -2.32. The molecule has 1 aliphatic heterocycles. The van der Waals surface area contributed by atoms with Gasteiger partial charge in [-0.05, 0) is 69.0 Å². The molecule has 3 rings (SSSR count). The van der Waals surface area contributed by atoms with Gasteiger partial charge in [0.2, 0.25) is 10.0 Å². The van der Waals surface area contributed by atoms with Gasteiger partial charge in [0.1, 0.15) is 4.90 Å². The van der Waals surface area contributed by atoms with E-state index in [2.05, 4.69) is 31.9 Å². The third kappa shape index (κ3) is 2.75. The van der Waals surface area contributed by atoms with E-state index in [1.54, 1.807) is 10.4 Å². The first-order valence-corrected chi connectivity index (χ1v) is 10.4. The molecule has 0 radical (unpaired) electrons. The molecule has 2 N–H and O–H groups in total. The zero-order valence-corrected chi connectivity index (χ0v) is 15.6. The van der Waals surface area contributed by atoms with Crippen molar-refractivity contribution in [2.45, 2.75) is 30.2 Å². The minimum absolute atomic E-state index is 0.237. The van der Waals surface area contributed by atoms with Gasteiger partial charge in [-0.2, -0.15) is 4.31 Å². The summed E-state index contributed by atoms with van der Waals surface area (Å²) in [6.45, 7) is 1.25. The predicted molar refractivity (Wildman–Crippen MR) is 87.3 cm³/mol. The molecule has 2 fully saturated rings. The summed E-state index contributed by atoms with van der Waals surface area (Å²) in [6, 6.07) is 1.92. The quantitative estimate of drug-likeness (QED) is 0.763. The van der Waals surface area contributed by atoms with Crippen LogP contribution in [0.5, 0.6) is 0 Å². The van der Waals surface area contributed by atoms with Crippen molar-refractivity contribution >= 4 is 53.2 Å². The van der Waals surface area contributed by atoms with Gasteiger partial charge in [-0.3, -0.25) is 0 Å². The summed E-state index contributed by atoms with van der Waals surface area (Å²) in [7, 11) is -3.40. The zero-order chi connectivity index (χ0) is 14.5. The molecule has 8 heteroatoms. The first-order chi connectivity index (χ1) is 9.38. The molecule has 4 nitrogen and oxygen atoms in total. The Morgan fingerprint density at radius 3 is 2.60 bits per heavy atom. The van der Waals surface area contributed by atoms with Crippen molar-refractivity contribution < 1.29 is 8.42 Å². The van der Waals surface area contributed by atoms with Gasteiger partial charge in [0.05, 0.1) is 7.57 Å². The van der Waals surface area contributed by atoms with Crippen molar-refractivity contribution in [3.8, 4) is 0 Å². The highest BCUT2D eigenvalue weighted by Gasteiger charge is 2.42. The number of hydrogen-bond donors (Lipinski definition) is 1. The largest absolute Gasteiger partial charge is 0.328 e. The summed E-state index contributed by atoms with van der Waals surface area (Å²) >= 11 is 8.08. The molecule has 2 aliphatic rings. The molecule has 1 saturated heterocycles. The lowest BCUT2D eigenvalue weighted by atomic mass is 9.79. The molecular weight excluding hydrogens is 428 g/mol. The van der Waals surface area contributed by atoms with E-state index in [1.165, 1.54) is 11.3 Å². The second-order valence-electron chi connectivity index (χ2n) is 5.60. The van der Waals surface area contributed by atoms with Crippen LogP contribution < -0.4 is 5.73 Å². The molecule has 1 aromatic rings. The number of fused-ring (bicyclic) bond motifs is 1. The molecule has 2 heterocycles. The Balaban J connectivity index is 1.85. The maximum Gasteiger partial charge on any atom is 0.245 e. The van der Waals surface area contributed by atoms with Gasteiger partial charge in [-0.1, -0.05) is 0 Å². The Bertz CT molecular complexity index is 617. The van der Waals surface area contributed by atoms with Gasteiger partial charge in [-0.25, -0.2) is 8.42 Å². The highest BCUT2D eigenvalue weighted by Crippen LogP contribution is 2.41. The molecule has 1 saturated carbocycles. The van der Waals surface area contributed by atoms with Crippen molar-refractivity contribution in [2.24, 2.45) is 17.6 Å². The van der Waals surface area contributed by atoms with Crippen LogP contribution in [0.4, 0.5) is 0 Å². The van der Waals surface area contributed by atoms with Crippen molar-refractivity contribution in [1.82, 2.24) is 4.31 Å². The standard InChI is InChI=1S/C12H16Br2N2O2S2/c13-11-4-10(12(14)19-11)20(17,18)16-5-7-1-2-9(15)3-8(7)6-16/h4,7-9H,1-3,5-6,15H2/t7-,8+,9?/m1/s1. The van der Waals surface area contributed by atoms with Crippen LogP contribution in [0.15, 0.2) is 18.5 Å². The Labute approximate surface area is 140 Å². The zero-order valence-electron chi connectivity index (χ0n) is 10.8. The minimum atomic E-state index is -3.40. The van der Waals surface area contributed by atoms with E-state index in [4.69, 9.17) is 5.73 Å². The average Bonchev–Trinajstić information content (AvgIpc) is 2.92. The van der Waals surface area contributed by atoms with Crippen LogP contribution in [-0.2, 0) is 10.0 Å². The van der Waals surface area contributed by atoms with Crippen LogP contribution in [0.25, 0.3) is 0 Å². The van der Waals surface area contributed by atoms with Gasteiger partial charge >= 0.3 is 0 Å². The monoisotopic (exact) mass is 442 g/mol. The molecular formula is C12H16Br2N2O2S2. The number of rotatable bonds is 2. The third-order valence-corrected chi connectivity index (χ3v) is 8.89. The van der Waals surface area contributed by atoms with Crippen molar-refractivity contribution in [2.75, 3.05) is 13.1 Å². The van der Waals surface area contributed by atoms with Crippen molar-refractivity contribution in [1.29, 1.82) is 0 Å². The summed E-state index contributed by atoms with van der Waals surface area (Å²) < 4.78 is 28.6. The maximum atomic E-state index is 12.7. The summed E-state index contributed by atoms with van der Waals surface area (Å²) in [5.41, 5.74) is 6.00. The Kier molecular flexibility index (Phi) is 4.34. The van der Waals surface area contributed by atoms with E-state index in [-0.39, 0.29) is 6.04 Å². The van der Waals surface area contributed by atoms with E-state index in [0.717, 1.165) is 23.0 Å². The second-order valence-corrected chi connectivity index (χ2v) is 11.3. The van der Waals surface area contributed by atoms with Crippen LogP contribution in [0.2, 0.25) is 0 Å². The Hall–Kier alpha value is 0.530. The molecule has 0 aromatic carbocycles. The number of hydrogen-bond acceptors (Lipinski definition) is 4. The molecule has 0 bridgehead atoms. The lowest BCUT2D eigenvalue weighted by molar-refractivity contribution is 0.271. The van der Waals surface area contributed by atoms with Crippen LogP contribution in [0.3, 0.4) is 0 Å². The molecule has 0 amide bonds. The van der Waals surface area contributed by atoms with Gasteiger partial charge in [0.15, 0.2) is 0 Å². The number of thiophene rings is 1. The Morgan fingerprint density at radius 2 is 1.95 bits per heavy atom. The first-order valence-electron chi connectivity index (χ1n) is 6.58. The topological polar surface area (TPSA) is 63.4 Å². The SMILES string of the molecule is NC1CC[C@@H]2CN(S(=O)(=O)c3cc(Br)sc3Br)C[C@@H]2C1. The van der Waals surface area contributed by atoms with Gasteiger partial charge in [-0.15, -0.1) is 11.3 Å². The minimum Gasteiger partial charge on any atom is -0.328 e. The summed E-state index contributed by atoms with van der Waals surface area (Å²) in [5.74, 6) is 0.903. The summed E-state index contributed by atoms with van der Waals surface area (Å²) in [4.78, 5) is 0.373.